The predicted octanol–water partition coefficient (Wildman–Crippen LogP) is 4.27. The summed E-state index contributed by atoms with van der Waals surface area (Å²) in [4.78, 5) is 0. The van der Waals surface area contributed by atoms with Crippen molar-refractivity contribution in [2.24, 2.45) is 5.73 Å². The molecule has 0 radical (unpaired) electrons. The summed E-state index contributed by atoms with van der Waals surface area (Å²) in [7, 11) is 0. The number of hydrogen-bond acceptors (Lipinski definition) is 1. The number of benzene rings is 3. The summed E-state index contributed by atoms with van der Waals surface area (Å²) in [5, 5.41) is 2.64. The molecule has 1 aliphatic carbocycles. The second kappa shape index (κ2) is 4.71. The molecule has 21 heavy (non-hydrogen) atoms. The molecule has 0 unspecified atom stereocenters. The van der Waals surface area contributed by atoms with Crippen LogP contribution in [0.4, 0.5) is 0 Å². The molecular weight excluding hydrogens is 254 g/mol. The van der Waals surface area contributed by atoms with E-state index >= 15 is 0 Å². The summed E-state index contributed by atoms with van der Waals surface area (Å²) in [6.07, 6.45) is 2.04. The number of rotatable bonds is 3. The van der Waals surface area contributed by atoms with Crippen molar-refractivity contribution in [1.82, 2.24) is 0 Å². The van der Waals surface area contributed by atoms with E-state index in [4.69, 9.17) is 5.73 Å². The summed E-state index contributed by atoms with van der Waals surface area (Å²) >= 11 is 0. The van der Waals surface area contributed by atoms with Gasteiger partial charge >= 0.3 is 0 Å². The maximum atomic E-state index is 6.65. The van der Waals surface area contributed by atoms with E-state index in [1.807, 2.05) is 0 Å². The fraction of sp³-hybridized carbons (Fsp3) is 0.200. The van der Waals surface area contributed by atoms with Crippen molar-refractivity contribution in [3.8, 4) is 0 Å². The van der Waals surface area contributed by atoms with Crippen molar-refractivity contribution in [2.75, 3.05) is 0 Å². The van der Waals surface area contributed by atoms with Gasteiger partial charge in [-0.15, -0.1) is 0 Å². The number of nitrogens with two attached hydrogens (primary N) is 1. The Kier molecular flexibility index (Phi) is 2.83. The van der Waals surface area contributed by atoms with Crippen LogP contribution in [0.3, 0.4) is 0 Å². The molecule has 1 saturated carbocycles. The first kappa shape index (κ1) is 12.6. The van der Waals surface area contributed by atoms with E-state index in [2.05, 4.69) is 72.8 Å². The van der Waals surface area contributed by atoms with Crippen LogP contribution in [0, 0.1) is 0 Å². The molecule has 1 heteroatoms. The van der Waals surface area contributed by atoms with Crippen LogP contribution in [0.5, 0.6) is 0 Å². The highest BCUT2D eigenvalue weighted by molar-refractivity contribution is 5.85. The van der Waals surface area contributed by atoms with Crippen LogP contribution >= 0.6 is 0 Å². The number of fused-ring (bicyclic) bond motifs is 1. The SMILES string of the molecule is N[C@]1(Cc2cccc3ccccc23)C[C@H]1c1ccccc1. The highest BCUT2D eigenvalue weighted by atomic mass is 14.9. The number of hydrogen-bond donors (Lipinski definition) is 1. The molecule has 104 valence electrons. The molecule has 1 aliphatic rings. The summed E-state index contributed by atoms with van der Waals surface area (Å²) in [5.41, 5.74) is 9.31. The average molecular weight is 273 g/mol. The van der Waals surface area contributed by atoms with Gasteiger partial charge in [0, 0.05) is 11.5 Å². The molecule has 0 spiro atoms. The van der Waals surface area contributed by atoms with Crippen molar-refractivity contribution >= 4 is 10.8 Å². The van der Waals surface area contributed by atoms with Gasteiger partial charge in [0.05, 0.1) is 0 Å². The zero-order valence-corrected chi connectivity index (χ0v) is 12.0. The van der Waals surface area contributed by atoms with Gasteiger partial charge in [-0.1, -0.05) is 72.8 Å². The van der Waals surface area contributed by atoms with E-state index in [1.165, 1.54) is 21.9 Å². The Balaban J connectivity index is 1.64. The van der Waals surface area contributed by atoms with Crippen LogP contribution in [-0.4, -0.2) is 5.54 Å². The monoisotopic (exact) mass is 273 g/mol. The molecule has 4 rings (SSSR count). The van der Waals surface area contributed by atoms with Crippen molar-refractivity contribution < 1.29 is 0 Å². The van der Waals surface area contributed by atoms with E-state index in [0.717, 1.165) is 12.8 Å². The minimum atomic E-state index is -0.0779. The maximum Gasteiger partial charge on any atom is 0.0272 e. The van der Waals surface area contributed by atoms with Crippen LogP contribution in [-0.2, 0) is 6.42 Å². The quantitative estimate of drug-likeness (QED) is 0.758. The topological polar surface area (TPSA) is 26.0 Å². The fourth-order valence-corrected chi connectivity index (χ4v) is 3.45. The van der Waals surface area contributed by atoms with Crippen LogP contribution in [0.1, 0.15) is 23.5 Å². The Morgan fingerprint density at radius 2 is 1.57 bits per heavy atom. The molecule has 2 N–H and O–H groups in total. The lowest BCUT2D eigenvalue weighted by molar-refractivity contribution is 0.649. The molecular formula is C20H19N. The van der Waals surface area contributed by atoms with Crippen LogP contribution < -0.4 is 5.73 Å². The van der Waals surface area contributed by atoms with E-state index in [9.17, 15) is 0 Å². The summed E-state index contributed by atoms with van der Waals surface area (Å²) in [6.45, 7) is 0. The van der Waals surface area contributed by atoms with Gasteiger partial charge in [0.15, 0.2) is 0 Å². The maximum absolute atomic E-state index is 6.65. The van der Waals surface area contributed by atoms with Crippen molar-refractivity contribution in [1.29, 1.82) is 0 Å². The molecule has 0 amide bonds. The zero-order chi connectivity index (χ0) is 14.3. The van der Waals surface area contributed by atoms with Crippen LogP contribution in [0.2, 0.25) is 0 Å². The lowest BCUT2D eigenvalue weighted by Crippen LogP contribution is -2.27. The Hall–Kier alpha value is -2.12. The minimum absolute atomic E-state index is 0.0779. The second-order valence-electron chi connectivity index (χ2n) is 6.22. The van der Waals surface area contributed by atoms with Crippen LogP contribution in [0.15, 0.2) is 72.8 Å². The molecule has 1 fully saturated rings. The Bertz CT molecular complexity index is 773. The van der Waals surface area contributed by atoms with Gasteiger partial charge < -0.3 is 5.73 Å². The van der Waals surface area contributed by atoms with Crippen molar-refractivity contribution in [2.45, 2.75) is 24.3 Å². The second-order valence-corrected chi connectivity index (χ2v) is 6.22. The largest absolute Gasteiger partial charge is 0.324 e. The Morgan fingerprint density at radius 1 is 0.857 bits per heavy atom. The summed E-state index contributed by atoms with van der Waals surface area (Å²) in [5.74, 6) is 0.498. The highest BCUT2D eigenvalue weighted by Crippen LogP contribution is 2.51. The normalized spacial score (nSPS) is 24.1. The van der Waals surface area contributed by atoms with Gasteiger partial charge in [0.1, 0.15) is 0 Å². The summed E-state index contributed by atoms with van der Waals surface area (Å²) in [6, 6.07) is 25.8. The van der Waals surface area contributed by atoms with Gasteiger partial charge in [-0.25, -0.2) is 0 Å². The van der Waals surface area contributed by atoms with E-state index in [1.54, 1.807) is 0 Å². The third-order valence-electron chi connectivity index (χ3n) is 4.72. The molecule has 0 saturated heterocycles. The molecule has 0 heterocycles. The molecule has 3 aromatic rings. The lowest BCUT2D eigenvalue weighted by atomic mass is 9.95. The average Bonchev–Trinajstić information content (AvgIpc) is 3.20. The van der Waals surface area contributed by atoms with Crippen LogP contribution in [0.25, 0.3) is 10.8 Å². The molecule has 0 aliphatic heterocycles. The first-order chi connectivity index (χ1) is 10.3. The standard InChI is InChI=1S/C20H19N/c21-20(14-19(20)16-8-2-1-3-9-16)13-17-11-6-10-15-7-4-5-12-18(15)17/h1-12,19H,13-14,21H2/t19-,20+/m0/s1. The third kappa shape index (κ3) is 2.24. The van der Waals surface area contributed by atoms with Crippen molar-refractivity contribution in [3.05, 3.63) is 83.9 Å². The smallest absolute Gasteiger partial charge is 0.0272 e. The molecule has 3 aromatic carbocycles. The van der Waals surface area contributed by atoms with E-state index < -0.39 is 0 Å². The fourth-order valence-electron chi connectivity index (χ4n) is 3.45. The zero-order valence-electron chi connectivity index (χ0n) is 12.0. The Morgan fingerprint density at radius 3 is 2.43 bits per heavy atom. The van der Waals surface area contributed by atoms with E-state index in [0.29, 0.717) is 5.92 Å². The predicted molar refractivity (Wildman–Crippen MR) is 88.4 cm³/mol. The minimum Gasteiger partial charge on any atom is -0.324 e. The first-order valence-corrected chi connectivity index (χ1v) is 7.57. The Labute approximate surface area is 125 Å². The highest BCUT2D eigenvalue weighted by Gasteiger charge is 2.51. The molecule has 1 nitrogen and oxygen atoms in total. The van der Waals surface area contributed by atoms with E-state index in [-0.39, 0.29) is 5.54 Å². The molecule has 0 bridgehead atoms. The van der Waals surface area contributed by atoms with Gasteiger partial charge in [-0.05, 0) is 34.7 Å². The van der Waals surface area contributed by atoms with Crippen molar-refractivity contribution in [3.63, 3.8) is 0 Å². The molecule has 2 atom stereocenters. The summed E-state index contributed by atoms with van der Waals surface area (Å²) < 4.78 is 0. The third-order valence-corrected chi connectivity index (χ3v) is 4.72. The van der Waals surface area contributed by atoms with Gasteiger partial charge in [0.2, 0.25) is 0 Å². The molecule has 0 aromatic heterocycles. The lowest BCUT2D eigenvalue weighted by Gasteiger charge is -2.14. The van der Waals surface area contributed by atoms with Gasteiger partial charge in [0.25, 0.3) is 0 Å². The van der Waals surface area contributed by atoms with Gasteiger partial charge in [-0.3, -0.25) is 0 Å². The van der Waals surface area contributed by atoms with Gasteiger partial charge in [-0.2, -0.15) is 0 Å². The first-order valence-electron chi connectivity index (χ1n) is 7.57.